The Morgan fingerprint density at radius 1 is 1.17 bits per heavy atom. The number of pyridine rings is 1. The number of ether oxygens (including phenoxy) is 1. The first-order valence-corrected chi connectivity index (χ1v) is 8.87. The van der Waals surface area contributed by atoms with E-state index in [1.54, 1.807) is 13.3 Å². The third kappa shape index (κ3) is 3.59. The van der Waals surface area contributed by atoms with Gasteiger partial charge in [-0.2, -0.15) is 9.61 Å². The van der Waals surface area contributed by atoms with E-state index in [9.17, 15) is 9.59 Å². The molecule has 0 radical (unpaired) electrons. The number of aromatic nitrogens is 5. The van der Waals surface area contributed by atoms with E-state index >= 15 is 0 Å². The smallest absolute Gasteiger partial charge is 0.404 e. The van der Waals surface area contributed by atoms with Crippen molar-refractivity contribution in [1.29, 1.82) is 0 Å². The Morgan fingerprint density at radius 3 is 2.69 bits per heavy atom. The summed E-state index contributed by atoms with van der Waals surface area (Å²) in [5.74, 6) is 0.732. The number of nitrogens with zero attached hydrogens (tertiary/aromatic N) is 5. The van der Waals surface area contributed by atoms with Crippen molar-refractivity contribution in [3.63, 3.8) is 0 Å². The van der Waals surface area contributed by atoms with Crippen molar-refractivity contribution in [2.45, 2.75) is 13.0 Å². The van der Waals surface area contributed by atoms with E-state index in [1.807, 2.05) is 30.3 Å². The lowest BCUT2D eigenvalue weighted by Crippen LogP contribution is -2.29. The first-order chi connectivity index (χ1) is 14.1. The monoisotopic (exact) mass is 394 g/mol. The van der Waals surface area contributed by atoms with Crippen LogP contribution in [0.3, 0.4) is 0 Å². The van der Waals surface area contributed by atoms with Gasteiger partial charge >= 0.3 is 11.8 Å². The summed E-state index contributed by atoms with van der Waals surface area (Å²) in [6, 6.07) is 9.29. The number of hydrogen-bond acceptors (Lipinski definition) is 6. The van der Waals surface area contributed by atoms with Crippen LogP contribution < -0.4 is 15.7 Å². The molecule has 4 rings (SSSR count). The van der Waals surface area contributed by atoms with Crippen LogP contribution in [-0.2, 0) is 13.0 Å². The normalized spacial score (nSPS) is 11.1. The fourth-order valence-electron chi connectivity index (χ4n) is 3.16. The minimum absolute atomic E-state index is 0.261. The molecule has 3 aromatic heterocycles. The second kappa shape index (κ2) is 7.58. The zero-order valence-corrected chi connectivity index (χ0v) is 15.6. The molecule has 0 saturated carbocycles. The first-order valence-electron chi connectivity index (χ1n) is 8.87. The Hall–Kier alpha value is -3.95. The average Bonchev–Trinajstić information content (AvgIpc) is 3.22. The molecule has 1 amide bonds. The van der Waals surface area contributed by atoms with Crippen LogP contribution in [-0.4, -0.2) is 49.0 Å². The lowest BCUT2D eigenvalue weighted by atomic mass is 10.1. The van der Waals surface area contributed by atoms with Gasteiger partial charge in [-0.05, 0) is 35.7 Å². The fraction of sp³-hybridized carbons (Fsp3) is 0.211. The highest BCUT2D eigenvalue weighted by Crippen LogP contribution is 2.18. The van der Waals surface area contributed by atoms with E-state index in [1.165, 1.54) is 15.4 Å². The quantitative estimate of drug-likeness (QED) is 0.505. The lowest BCUT2D eigenvalue weighted by Gasteiger charge is -2.12. The largest absolute Gasteiger partial charge is 0.497 e. The molecular formula is C19H18N6O4. The molecule has 0 bridgehead atoms. The van der Waals surface area contributed by atoms with Crippen molar-refractivity contribution in [2.24, 2.45) is 0 Å². The fourth-order valence-corrected chi connectivity index (χ4v) is 3.16. The molecule has 0 atom stereocenters. The van der Waals surface area contributed by atoms with Crippen LogP contribution in [0.15, 0.2) is 47.7 Å². The number of benzene rings is 1. The lowest BCUT2D eigenvalue weighted by molar-refractivity contribution is 0.194. The van der Waals surface area contributed by atoms with Crippen LogP contribution in [0.5, 0.6) is 5.75 Å². The van der Waals surface area contributed by atoms with Crippen LogP contribution in [0.25, 0.3) is 16.7 Å². The Bertz CT molecular complexity index is 1250. The van der Waals surface area contributed by atoms with Gasteiger partial charge < -0.3 is 15.2 Å². The molecule has 0 aliphatic heterocycles. The van der Waals surface area contributed by atoms with Gasteiger partial charge in [-0.1, -0.05) is 12.1 Å². The SMILES string of the molecule is COc1ccc(Cn2c(=O)n3ncnc3c3cc(CCNC(=O)O)cnc32)cc1. The summed E-state index contributed by atoms with van der Waals surface area (Å²) in [4.78, 5) is 32.3. The van der Waals surface area contributed by atoms with Gasteiger partial charge in [0.05, 0.1) is 19.0 Å². The molecule has 29 heavy (non-hydrogen) atoms. The highest BCUT2D eigenvalue weighted by Gasteiger charge is 2.15. The molecule has 4 aromatic rings. The summed E-state index contributed by atoms with van der Waals surface area (Å²) in [6.07, 6.45) is 2.36. The minimum atomic E-state index is -1.08. The Morgan fingerprint density at radius 2 is 1.97 bits per heavy atom. The summed E-state index contributed by atoms with van der Waals surface area (Å²) < 4.78 is 7.96. The van der Waals surface area contributed by atoms with Gasteiger partial charge in [-0.25, -0.2) is 19.6 Å². The molecule has 3 heterocycles. The van der Waals surface area contributed by atoms with Gasteiger partial charge in [-0.15, -0.1) is 0 Å². The first kappa shape index (κ1) is 18.4. The van der Waals surface area contributed by atoms with Crippen LogP contribution in [0, 0.1) is 0 Å². The van der Waals surface area contributed by atoms with Crippen LogP contribution >= 0.6 is 0 Å². The number of amides is 1. The molecule has 2 N–H and O–H groups in total. The number of nitrogens with one attached hydrogen (secondary N) is 1. The summed E-state index contributed by atoms with van der Waals surface area (Å²) >= 11 is 0. The highest BCUT2D eigenvalue weighted by molar-refractivity contribution is 5.89. The molecular weight excluding hydrogens is 376 g/mol. The van der Waals surface area contributed by atoms with Crippen molar-refractivity contribution in [2.75, 3.05) is 13.7 Å². The highest BCUT2D eigenvalue weighted by atomic mass is 16.5. The molecule has 10 nitrogen and oxygen atoms in total. The maximum atomic E-state index is 12.9. The molecule has 0 saturated heterocycles. The predicted octanol–water partition coefficient (Wildman–Crippen LogP) is 1.31. The number of carboxylic acid groups (broad SMARTS) is 1. The number of carbonyl (C=O) groups is 1. The second-order valence-electron chi connectivity index (χ2n) is 6.41. The molecule has 0 unspecified atom stereocenters. The van der Waals surface area contributed by atoms with E-state index in [0.29, 0.717) is 29.6 Å². The molecule has 148 valence electrons. The molecule has 0 fully saturated rings. The third-order valence-corrected chi connectivity index (χ3v) is 4.57. The Balaban J connectivity index is 1.78. The van der Waals surface area contributed by atoms with Crippen molar-refractivity contribution >= 4 is 22.8 Å². The van der Waals surface area contributed by atoms with Gasteiger partial charge in [-0.3, -0.25) is 4.57 Å². The predicted molar refractivity (Wildman–Crippen MR) is 104 cm³/mol. The van der Waals surface area contributed by atoms with E-state index in [4.69, 9.17) is 9.84 Å². The van der Waals surface area contributed by atoms with Crippen molar-refractivity contribution < 1.29 is 14.6 Å². The number of methoxy groups -OCH3 is 1. The average molecular weight is 394 g/mol. The maximum Gasteiger partial charge on any atom is 0.404 e. The molecule has 0 spiro atoms. The van der Waals surface area contributed by atoms with Gasteiger partial charge in [0.15, 0.2) is 5.65 Å². The number of hydrogen-bond donors (Lipinski definition) is 2. The zero-order chi connectivity index (χ0) is 20.4. The standard InChI is InChI=1S/C19H18N6O4/c1-29-14-4-2-12(3-5-14)10-24-16-15(17-22-11-23-25(17)19(24)28)8-13(9-21-16)6-7-20-18(26)27/h2-5,8-9,11,20H,6-7,10H2,1H3,(H,26,27). The van der Waals surface area contributed by atoms with E-state index in [-0.39, 0.29) is 12.2 Å². The van der Waals surface area contributed by atoms with Gasteiger partial charge in [0.25, 0.3) is 0 Å². The van der Waals surface area contributed by atoms with Crippen molar-refractivity contribution in [3.05, 3.63) is 64.5 Å². The molecule has 1 aromatic carbocycles. The third-order valence-electron chi connectivity index (χ3n) is 4.57. The summed E-state index contributed by atoms with van der Waals surface area (Å²) in [5, 5.41) is 15.8. The van der Waals surface area contributed by atoms with E-state index in [2.05, 4.69) is 20.4 Å². The minimum Gasteiger partial charge on any atom is -0.497 e. The van der Waals surface area contributed by atoms with Crippen LogP contribution in [0.1, 0.15) is 11.1 Å². The van der Waals surface area contributed by atoms with E-state index < -0.39 is 6.09 Å². The maximum absolute atomic E-state index is 12.9. The molecule has 0 aliphatic rings. The van der Waals surface area contributed by atoms with Gasteiger partial charge in [0.1, 0.15) is 17.7 Å². The number of rotatable bonds is 6. The summed E-state index contributed by atoms with van der Waals surface area (Å²) in [6.45, 7) is 0.568. The Labute approximate surface area is 164 Å². The number of fused-ring (bicyclic) bond motifs is 3. The van der Waals surface area contributed by atoms with Gasteiger partial charge in [0, 0.05) is 12.7 Å². The van der Waals surface area contributed by atoms with E-state index in [0.717, 1.165) is 16.9 Å². The zero-order valence-electron chi connectivity index (χ0n) is 15.6. The van der Waals surface area contributed by atoms with Crippen molar-refractivity contribution in [1.82, 2.24) is 29.5 Å². The van der Waals surface area contributed by atoms with Crippen LogP contribution in [0.2, 0.25) is 0 Å². The molecule has 0 aliphatic carbocycles. The van der Waals surface area contributed by atoms with Crippen molar-refractivity contribution in [3.8, 4) is 5.75 Å². The molecule has 10 heteroatoms. The summed E-state index contributed by atoms with van der Waals surface area (Å²) in [5.41, 5.74) is 2.29. The second-order valence-corrected chi connectivity index (χ2v) is 6.41. The Kier molecular flexibility index (Phi) is 4.82. The van der Waals surface area contributed by atoms with Crippen LogP contribution in [0.4, 0.5) is 4.79 Å². The topological polar surface area (TPSA) is 124 Å². The van der Waals surface area contributed by atoms with Gasteiger partial charge in [0.2, 0.25) is 0 Å². The summed E-state index contributed by atoms with van der Waals surface area (Å²) in [7, 11) is 1.60.